The number of rotatable bonds is 3. The highest BCUT2D eigenvalue weighted by molar-refractivity contribution is 5.85. The average Bonchev–Trinajstić information content (AvgIpc) is 3.05. The van der Waals surface area contributed by atoms with Crippen molar-refractivity contribution in [2.24, 2.45) is 0 Å². The second-order valence-corrected chi connectivity index (χ2v) is 4.78. The molecular formula is C15H16N2O. The van der Waals surface area contributed by atoms with Crippen molar-refractivity contribution in [1.82, 2.24) is 4.57 Å². The zero-order chi connectivity index (χ0) is 12.4. The summed E-state index contributed by atoms with van der Waals surface area (Å²) in [6.07, 6.45) is 5.92. The highest BCUT2D eigenvalue weighted by Gasteiger charge is 2.15. The average molecular weight is 240 g/mol. The summed E-state index contributed by atoms with van der Waals surface area (Å²) in [5.74, 6) is 0. The molecule has 3 rings (SSSR count). The van der Waals surface area contributed by atoms with E-state index in [9.17, 15) is 0 Å². The van der Waals surface area contributed by atoms with Crippen molar-refractivity contribution in [2.45, 2.75) is 31.9 Å². The van der Waals surface area contributed by atoms with E-state index in [4.69, 9.17) is 10.00 Å². The first-order valence-corrected chi connectivity index (χ1v) is 6.48. The number of fused-ring (bicyclic) bond motifs is 1. The summed E-state index contributed by atoms with van der Waals surface area (Å²) >= 11 is 0. The lowest BCUT2D eigenvalue weighted by Gasteiger charge is -2.10. The second kappa shape index (κ2) is 4.83. The van der Waals surface area contributed by atoms with Crippen molar-refractivity contribution in [3.05, 3.63) is 36.0 Å². The Kier molecular flexibility index (Phi) is 3.04. The summed E-state index contributed by atoms with van der Waals surface area (Å²) in [7, 11) is 0. The van der Waals surface area contributed by atoms with Gasteiger partial charge in [-0.15, -0.1) is 0 Å². The van der Waals surface area contributed by atoms with Gasteiger partial charge in [-0.3, -0.25) is 0 Å². The summed E-state index contributed by atoms with van der Waals surface area (Å²) in [6, 6.07) is 10.2. The van der Waals surface area contributed by atoms with Crippen LogP contribution in [-0.2, 0) is 11.3 Å². The van der Waals surface area contributed by atoms with Crippen LogP contribution >= 0.6 is 0 Å². The first-order chi connectivity index (χ1) is 8.88. The van der Waals surface area contributed by atoms with E-state index in [1.165, 1.54) is 12.8 Å². The first-order valence-electron chi connectivity index (χ1n) is 6.48. The third-order valence-corrected chi connectivity index (χ3v) is 3.65. The van der Waals surface area contributed by atoms with Crippen LogP contribution in [0.1, 0.15) is 24.8 Å². The number of nitrogens with zero attached hydrogens (tertiary/aromatic N) is 2. The van der Waals surface area contributed by atoms with Gasteiger partial charge in [-0.25, -0.2) is 0 Å². The molecule has 1 aromatic carbocycles. The van der Waals surface area contributed by atoms with Crippen LogP contribution in [0.25, 0.3) is 10.9 Å². The zero-order valence-electron chi connectivity index (χ0n) is 10.3. The number of ether oxygens (including phenoxy) is 1. The van der Waals surface area contributed by atoms with E-state index in [0.29, 0.717) is 6.10 Å². The number of nitriles is 1. The Bertz CT molecular complexity index is 588. The monoisotopic (exact) mass is 240 g/mol. The van der Waals surface area contributed by atoms with Gasteiger partial charge >= 0.3 is 0 Å². The largest absolute Gasteiger partial charge is 0.378 e. The van der Waals surface area contributed by atoms with Crippen molar-refractivity contribution in [3.63, 3.8) is 0 Å². The molecule has 3 heteroatoms. The molecule has 0 radical (unpaired) electrons. The molecule has 92 valence electrons. The zero-order valence-corrected chi connectivity index (χ0v) is 10.3. The van der Waals surface area contributed by atoms with Gasteiger partial charge in [0, 0.05) is 30.3 Å². The fourth-order valence-electron chi connectivity index (χ4n) is 2.67. The Morgan fingerprint density at radius 3 is 3.11 bits per heavy atom. The Hall–Kier alpha value is -1.79. The van der Waals surface area contributed by atoms with Crippen LogP contribution in [0.4, 0.5) is 0 Å². The van der Waals surface area contributed by atoms with Crippen LogP contribution in [0.15, 0.2) is 30.5 Å². The Morgan fingerprint density at radius 1 is 1.39 bits per heavy atom. The van der Waals surface area contributed by atoms with Crippen LogP contribution in [0.2, 0.25) is 0 Å². The van der Waals surface area contributed by atoms with Crippen molar-refractivity contribution >= 4 is 10.9 Å². The molecule has 1 aliphatic heterocycles. The van der Waals surface area contributed by atoms with Crippen molar-refractivity contribution < 1.29 is 4.74 Å². The summed E-state index contributed by atoms with van der Waals surface area (Å²) < 4.78 is 7.86. The molecule has 0 N–H and O–H groups in total. The highest BCUT2D eigenvalue weighted by atomic mass is 16.5. The Morgan fingerprint density at radius 2 is 2.33 bits per heavy atom. The standard InChI is InChI=1S/C15H16N2O/c16-11-12-3-1-5-15-14(12)7-9-17(15)8-6-13-4-2-10-18-13/h1,3,5,7,9,13H,2,4,6,8,10H2. The van der Waals surface area contributed by atoms with Crippen LogP contribution in [0.3, 0.4) is 0 Å². The molecule has 0 amide bonds. The summed E-state index contributed by atoms with van der Waals surface area (Å²) in [5, 5.41) is 10.1. The third-order valence-electron chi connectivity index (χ3n) is 3.65. The van der Waals surface area contributed by atoms with Gasteiger partial charge in [-0.05, 0) is 37.5 Å². The van der Waals surface area contributed by atoms with Crippen LogP contribution in [-0.4, -0.2) is 17.3 Å². The predicted octanol–water partition coefficient (Wildman–Crippen LogP) is 3.08. The highest BCUT2D eigenvalue weighted by Crippen LogP contribution is 2.22. The molecule has 1 saturated heterocycles. The molecule has 0 bridgehead atoms. The normalized spacial score (nSPS) is 19.2. The van der Waals surface area contributed by atoms with E-state index in [0.717, 1.165) is 36.0 Å². The van der Waals surface area contributed by atoms with Gasteiger partial charge in [0.15, 0.2) is 0 Å². The fraction of sp³-hybridized carbons (Fsp3) is 0.400. The summed E-state index contributed by atoms with van der Waals surface area (Å²) in [5.41, 5.74) is 1.90. The molecule has 0 spiro atoms. The van der Waals surface area contributed by atoms with Crippen molar-refractivity contribution in [2.75, 3.05) is 6.61 Å². The first kappa shape index (κ1) is 11.3. The van der Waals surface area contributed by atoms with Gasteiger partial charge in [0.2, 0.25) is 0 Å². The lowest BCUT2D eigenvalue weighted by Crippen LogP contribution is -2.09. The molecule has 3 nitrogen and oxygen atoms in total. The van der Waals surface area contributed by atoms with Crippen LogP contribution in [0.5, 0.6) is 0 Å². The van der Waals surface area contributed by atoms with E-state index in [1.807, 2.05) is 18.2 Å². The summed E-state index contributed by atoms with van der Waals surface area (Å²) in [6.45, 7) is 1.87. The van der Waals surface area contributed by atoms with E-state index < -0.39 is 0 Å². The molecule has 1 aliphatic rings. The molecule has 2 heterocycles. The lowest BCUT2D eigenvalue weighted by molar-refractivity contribution is 0.101. The number of aryl methyl sites for hydroxylation is 1. The summed E-state index contributed by atoms with van der Waals surface area (Å²) in [4.78, 5) is 0. The van der Waals surface area contributed by atoms with E-state index in [2.05, 4.69) is 22.9 Å². The number of benzene rings is 1. The molecule has 1 atom stereocenters. The quantitative estimate of drug-likeness (QED) is 0.826. The van der Waals surface area contributed by atoms with Crippen molar-refractivity contribution in [3.8, 4) is 6.07 Å². The molecular weight excluding hydrogens is 224 g/mol. The molecule has 0 saturated carbocycles. The van der Waals surface area contributed by atoms with Gasteiger partial charge in [0.05, 0.1) is 17.7 Å². The van der Waals surface area contributed by atoms with Crippen molar-refractivity contribution in [1.29, 1.82) is 5.26 Å². The number of hydrogen-bond acceptors (Lipinski definition) is 2. The SMILES string of the molecule is N#Cc1cccc2c1ccn2CCC1CCCO1. The Balaban J connectivity index is 1.82. The molecule has 18 heavy (non-hydrogen) atoms. The van der Waals surface area contributed by atoms with Crippen LogP contribution in [0, 0.1) is 11.3 Å². The smallest absolute Gasteiger partial charge is 0.0998 e. The van der Waals surface area contributed by atoms with Gasteiger partial charge in [0.1, 0.15) is 0 Å². The van der Waals surface area contributed by atoms with Gasteiger partial charge < -0.3 is 9.30 Å². The molecule has 1 unspecified atom stereocenters. The van der Waals surface area contributed by atoms with Gasteiger partial charge in [-0.1, -0.05) is 6.07 Å². The fourth-order valence-corrected chi connectivity index (χ4v) is 2.67. The number of hydrogen-bond donors (Lipinski definition) is 0. The van der Waals surface area contributed by atoms with Gasteiger partial charge in [0.25, 0.3) is 0 Å². The van der Waals surface area contributed by atoms with E-state index in [1.54, 1.807) is 0 Å². The molecule has 2 aromatic rings. The maximum absolute atomic E-state index is 9.07. The minimum Gasteiger partial charge on any atom is -0.378 e. The lowest BCUT2D eigenvalue weighted by atomic mass is 10.1. The maximum Gasteiger partial charge on any atom is 0.0998 e. The number of aromatic nitrogens is 1. The van der Waals surface area contributed by atoms with Crippen LogP contribution < -0.4 is 0 Å². The third kappa shape index (κ3) is 2.00. The minimum atomic E-state index is 0.418. The minimum absolute atomic E-state index is 0.418. The Labute approximate surface area is 107 Å². The van der Waals surface area contributed by atoms with E-state index >= 15 is 0 Å². The topological polar surface area (TPSA) is 38.0 Å². The predicted molar refractivity (Wildman–Crippen MR) is 70.2 cm³/mol. The maximum atomic E-state index is 9.07. The van der Waals surface area contributed by atoms with Gasteiger partial charge in [-0.2, -0.15) is 5.26 Å². The molecule has 0 aliphatic carbocycles. The molecule has 1 aromatic heterocycles. The second-order valence-electron chi connectivity index (χ2n) is 4.78. The van der Waals surface area contributed by atoms with E-state index in [-0.39, 0.29) is 0 Å². The molecule has 1 fully saturated rings.